The number of amides is 1. The van der Waals surface area contributed by atoms with E-state index in [1.165, 1.54) is 12.0 Å². The number of carbonyl (C=O) groups excluding carboxylic acids is 2. The first-order valence-electron chi connectivity index (χ1n) is 11.2. The zero-order chi connectivity index (χ0) is 24.8. The first kappa shape index (κ1) is 23.4. The molecule has 1 atom stereocenters. The highest BCUT2D eigenvalue weighted by molar-refractivity contribution is 6.51. The molecule has 1 aromatic heterocycles. The summed E-state index contributed by atoms with van der Waals surface area (Å²) < 4.78 is 11.4. The third-order valence-corrected chi connectivity index (χ3v) is 6.11. The second-order valence-electron chi connectivity index (χ2n) is 9.62. The summed E-state index contributed by atoms with van der Waals surface area (Å²) in [6, 6.07) is 15.4. The smallest absolute Gasteiger partial charge is 0.300 e. The average Bonchev–Trinajstić information content (AvgIpc) is 3.33. The van der Waals surface area contributed by atoms with Crippen LogP contribution in [0.25, 0.3) is 5.76 Å². The number of anilines is 1. The standard InChI is InChI=1S/C28H29NO5/c1-16-7-11-19(12-8-16)29-24(22-13-9-17(2)34-22)23(26(31)27(29)32)25(30)20-15-18(28(3,4)5)10-14-21(20)33-6/h7-15,24,30H,1-6H3/b25-23+. The molecular formula is C28H29NO5. The van der Waals surface area contributed by atoms with E-state index in [1.54, 1.807) is 43.3 Å². The van der Waals surface area contributed by atoms with Gasteiger partial charge in [0.05, 0.1) is 18.2 Å². The fourth-order valence-electron chi connectivity index (χ4n) is 4.18. The van der Waals surface area contributed by atoms with E-state index in [4.69, 9.17) is 9.15 Å². The second kappa shape index (κ2) is 8.52. The Morgan fingerprint density at radius 2 is 1.68 bits per heavy atom. The topological polar surface area (TPSA) is 80.0 Å². The van der Waals surface area contributed by atoms with Crippen molar-refractivity contribution >= 4 is 23.1 Å². The van der Waals surface area contributed by atoms with Gasteiger partial charge in [-0.3, -0.25) is 14.5 Å². The fourth-order valence-corrected chi connectivity index (χ4v) is 4.18. The lowest BCUT2D eigenvalue weighted by Crippen LogP contribution is -2.29. The zero-order valence-corrected chi connectivity index (χ0v) is 20.3. The first-order chi connectivity index (χ1) is 16.0. The summed E-state index contributed by atoms with van der Waals surface area (Å²) in [7, 11) is 1.50. The van der Waals surface area contributed by atoms with Crippen molar-refractivity contribution in [1.82, 2.24) is 0 Å². The molecule has 1 aliphatic rings. The van der Waals surface area contributed by atoms with Crippen LogP contribution in [-0.2, 0) is 15.0 Å². The lowest BCUT2D eigenvalue weighted by atomic mass is 9.85. The van der Waals surface area contributed by atoms with Gasteiger partial charge >= 0.3 is 0 Å². The molecular weight excluding hydrogens is 430 g/mol. The second-order valence-corrected chi connectivity index (χ2v) is 9.62. The van der Waals surface area contributed by atoms with Gasteiger partial charge in [-0.2, -0.15) is 0 Å². The number of hydrogen-bond donors (Lipinski definition) is 1. The largest absolute Gasteiger partial charge is 0.507 e. The van der Waals surface area contributed by atoms with Crippen LogP contribution in [0, 0.1) is 13.8 Å². The molecule has 1 amide bonds. The Kier molecular flexibility index (Phi) is 5.86. The van der Waals surface area contributed by atoms with Crippen molar-refractivity contribution in [1.29, 1.82) is 0 Å². The molecule has 0 bridgehead atoms. The average molecular weight is 460 g/mol. The summed E-state index contributed by atoms with van der Waals surface area (Å²) in [4.78, 5) is 28.0. The molecule has 2 heterocycles. The lowest BCUT2D eigenvalue weighted by Gasteiger charge is -2.24. The van der Waals surface area contributed by atoms with Crippen molar-refractivity contribution in [3.05, 3.63) is 88.4 Å². The molecule has 3 aromatic rings. The van der Waals surface area contributed by atoms with Gasteiger partial charge in [0.2, 0.25) is 0 Å². The highest BCUT2D eigenvalue weighted by Gasteiger charge is 2.48. The van der Waals surface area contributed by atoms with Gasteiger partial charge in [-0.15, -0.1) is 0 Å². The molecule has 4 rings (SSSR count). The van der Waals surface area contributed by atoms with Crippen LogP contribution in [0.3, 0.4) is 0 Å². The molecule has 0 spiro atoms. The summed E-state index contributed by atoms with van der Waals surface area (Å²) in [5.41, 5.74) is 2.63. The summed E-state index contributed by atoms with van der Waals surface area (Å²) >= 11 is 0. The van der Waals surface area contributed by atoms with Crippen LogP contribution < -0.4 is 9.64 Å². The monoisotopic (exact) mass is 459 g/mol. The van der Waals surface area contributed by atoms with Crippen LogP contribution in [0.2, 0.25) is 0 Å². The Bertz CT molecular complexity index is 1290. The molecule has 0 aliphatic carbocycles. The number of methoxy groups -OCH3 is 1. The summed E-state index contributed by atoms with van der Waals surface area (Å²) in [5, 5.41) is 11.5. The van der Waals surface area contributed by atoms with E-state index in [0.717, 1.165) is 11.1 Å². The Labute approximate surface area is 199 Å². The van der Waals surface area contributed by atoms with Gasteiger partial charge < -0.3 is 14.3 Å². The maximum atomic E-state index is 13.4. The third kappa shape index (κ3) is 4.00. The SMILES string of the molecule is COc1ccc(C(C)(C)C)cc1/C(O)=C1\C(=O)C(=O)N(c2ccc(C)cc2)C1c1ccc(C)o1. The van der Waals surface area contributed by atoms with E-state index in [9.17, 15) is 14.7 Å². The summed E-state index contributed by atoms with van der Waals surface area (Å²) in [5.74, 6) is -0.367. The predicted octanol–water partition coefficient (Wildman–Crippen LogP) is 5.83. The van der Waals surface area contributed by atoms with E-state index >= 15 is 0 Å². The van der Waals surface area contributed by atoms with Crippen molar-refractivity contribution < 1.29 is 23.8 Å². The lowest BCUT2D eigenvalue weighted by molar-refractivity contribution is -0.132. The number of furan rings is 1. The number of rotatable bonds is 4. The van der Waals surface area contributed by atoms with E-state index < -0.39 is 17.7 Å². The van der Waals surface area contributed by atoms with Crippen molar-refractivity contribution in [3.8, 4) is 5.75 Å². The number of hydrogen-bond acceptors (Lipinski definition) is 5. The van der Waals surface area contributed by atoms with E-state index in [-0.39, 0.29) is 16.7 Å². The number of aliphatic hydroxyl groups excluding tert-OH is 1. The van der Waals surface area contributed by atoms with Gasteiger partial charge in [0.15, 0.2) is 0 Å². The zero-order valence-electron chi connectivity index (χ0n) is 20.3. The third-order valence-electron chi connectivity index (χ3n) is 6.11. The first-order valence-corrected chi connectivity index (χ1v) is 11.2. The summed E-state index contributed by atoms with van der Waals surface area (Å²) in [6.45, 7) is 9.90. The number of nitrogens with zero attached hydrogens (tertiary/aromatic N) is 1. The van der Waals surface area contributed by atoms with Gasteiger partial charge in [-0.05, 0) is 61.2 Å². The van der Waals surface area contributed by atoms with Crippen molar-refractivity contribution in [2.45, 2.75) is 46.1 Å². The molecule has 34 heavy (non-hydrogen) atoms. The maximum Gasteiger partial charge on any atom is 0.300 e. The summed E-state index contributed by atoms with van der Waals surface area (Å²) in [6.07, 6.45) is 0. The van der Waals surface area contributed by atoms with Gasteiger partial charge in [0.25, 0.3) is 11.7 Å². The van der Waals surface area contributed by atoms with Crippen molar-refractivity contribution in [3.63, 3.8) is 0 Å². The number of aliphatic hydroxyl groups is 1. The van der Waals surface area contributed by atoms with E-state index in [0.29, 0.717) is 28.5 Å². The van der Waals surface area contributed by atoms with E-state index in [1.807, 2.05) is 25.1 Å². The van der Waals surface area contributed by atoms with Crippen LogP contribution in [0.4, 0.5) is 5.69 Å². The molecule has 1 unspecified atom stereocenters. The quantitative estimate of drug-likeness (QED) is 0.302. The number of benzene rings is 2. The number of ketones is 1. The minimum atomic E-state index is -0.917. The molecule has 1 fully saturated rings. The highest BCUT2D eigenvalue weighted by Crippen LogP contribution is 2.44. The van der Waals surface area contributed by atoms with Crippen LogP contribution in [-0.4, -0.2) is 23.9 Å². The number of Topliss-reactive ketones (excluding diaryl/α,β-unsaturated/α-hetero) is 1. The van der Waals surface area contributed by atoms with Crippen LogP contribution in [0.1, 0.15) is 55.0 Å². The molecule has 176 valence electrons. The minimum absolute atomic E-state index is 0.0377. The van der Waals surface area contributed by atoms with Crippen LogP contribution in [0.5, 0.6) is 5.75 Å². The van der Waals surface area contributed by atoms with Crippen LogP contribution >= 0.6 is 0 Å². The molecule has 6 nitrogen and oxygen atoms in total. The normalized spacial score (nSPS) is 17.9. The Balaban J connectivity index is 1.98. The number of ether oxygens (including phenoxy) is 1. The maximum absolute atomic E-state index is 13.4. The van der Waals surface area contributed by atoms with Gasteiger partial charge in [-0.25, -0.2) is 0 Å². The number of carbonyl (C=O) groups is 2. The molecule has 1 saturated heterocycles. The molecule has 0 radical (unpaired) electrons. The Morgan fingerprint density at radius 3 is 2.24 bits per heavy atom. The number of aryl methyl sites for hydroxylation is 2. The fraction of sp³-hybridized carbons (Fsp3) is 0.286. The van der Waals surface area contributed by atoms with Crippen LogP contribution in [0.15, 0.2) is 64.6 Å². The van der Waals surface area contributed by atoms with Crippen molar-refractivity contribution in [2.24, 2.45) is 0 Å². The molecule has 0 saturated carbocycles. The van der Waals surface area contributed by atoms with Crippen molar-refractivity contribution in [2.75, 3.05) is 12.0 Å². The van der Waals surface area contributed by atoms with Gasteiger partial charge in [-0.1, -0.05) is 44.5 Å². The molecule has 1 N–H and O–H groups in total. The Hall–Kier alpha value is -3.80. The molecule has 6 heteroatoms. The van der Waals surface area contributed by atoms with Gasteiger partial charge in [0, 0.05) is 5.69 Å². The minimum Gasteiger partial charge on any atom is -0.507 e. The highest BCUT2D eigenvalue weighted by atomic mass is 16.5. The molecule has 2 aromatic carbocycles. The van der Waals surface area contributed by atoms with E-state index in [2.05, 4.69) is 20.8 Å². The predicted molar refractivity (Wildman–Crippen MR) is 131 cm³/mol. The van der Waals surface area contributed by atoms with Gasteiger partial charge in [0.1, 0.15) is 29.1 Å². The molecule has 1 aliphatic heterocycles. The Morgan fingerprint density at radius 1 is 1.00 bits per heavy atom.